The maximum atomic E-state index is 14.5. The van der Waals surface area contributed by atoms with E-state index in [9.17, 15) is 4.39 Å². The lowest BCUT2D eigenvalue weighted by Crippen LogP contribution is -2.43. The Hall–Kier alpha value is -0.800. The van der Waals surface area contributed by atoms with Gasteiger partial charge in [0, 0.05) is 18.0 Å². The monoisotopic (exact) mass is 257 g/mol. The summed E-state index contributed by atoms with van der Waals surface area (Å²) in [4.78, 5) is 0. The zero-order valence-corrected chi connectivity index (χ0v) is 10.7. The number of piperidine rings is 1. The van der Waals surface area contributed by atoms with Crippen molar-refractivity contribution in [2.24, 2.45) is 0 Å². The molecule has 0 aromatic heterocycles. The second kappa shape index (κ2) is 5.23. The van der Waals surface area contributed by atoms with E-state index in [0.29, 0.717) is 30.2 Å². The molecular weight excluding hydrogens is 241 g/mol. The fourth-order valence-corrected chi connectivity index (χ4v) is 2.50. The smallest absolute Gasteiger partial charge is 0.127 e. The highest BCUT2D eigenvalue weighted by molar-refractivity contribution is 6.30. The number of alkyl halides is 1. The van der Waals surface area contributed by atoms with E-state index >= 15 is 0 Å². The third-order valence-electron chi connectivity index (χ3n) is 3.17. The highest BCUT2D eigenvalue weighted by Crippen LogP contribution is 2.31. The van der Waals surface area contributed by atoms with Gasteiger partial charge in [-0.2, -0.15) is 0 Å². The molecule has 0 spiro atoms. The van der Waals surface area contributed by atoms with Crippen LogP contribution in [0.4, 0.5) is 4.39 Å². The molecule has 17 heavy (non-hydrogen) atoms. The Morgan fingerprint density at radius 1 is 1.53 bits per heavy atom. The average Bonchev–Trinajstić information content (AvgIpc) is 2.29. The zero-order valence-electron chi connectivity index (χ0n) is 9.93. The van der Waals surface area contributed by atoms with Crippen molar-refractivity contribution in [3.63, 3.8) is 0 Å². The minimum Gasteiger partial charge on any atom is -0.496 e. The Labute approximate surface area is 106 Å². The largest absolute Gasteiger partial charge is 0.496 e. The average molecular weight is 258 g/mol. The van der Waals surface area contributed by atoms with Gasteiger partial charge in [0.25, 0.3) is 0 Å². The van der Waals surface area contributed by atoms with Crippen LogP contribution < -0.4 is 10.1 Å². The second-order valence-corrected chi connectivity index (χ2v) is 5.00. The van der Waals surface area contributed by atoms with Gasteiger partial charge in [-0.3, -0.25) is 0 Å². The standard InChI is InChI=1S/C13H17ClFNO/c1-17-12-4-3-11(14)7-10(12)8-13(15)5-2-6-16-9-13/h3-4,7,16H,2,5-6,8-9H2,1H3. The molecule has 1 aromatic rings. The maximum Gasteiger partial charge on any atom is 0.127 e. The maximum absolute atomic E-state index is 14.5. The number of nitrogens with one attached hydrogen (secondary N) is 1. The first kappa shape index (κ1) is 12.7. The van der Waals surface area contributed by atoms with Crippen molar-refractivity contribution in [2.75, 3.05) is 20.2 Å². The molecule has 1 heterocycles. The second-order valence-electron chi connectivity index (χ2n) is 4.56. The van der Waals surface area contributed by atoms with Gasteiger partial charge in [-0.1, -0.05) is 11.6 Å². The van der Waals surface area contributed by atoms with Crippen molar-refractivity contribution in [1.29, 1.82) is 0 Å². The Morgan fingerprint density at radius 3 is 3.00 bits per heavy atom. The van der Waals surface area contributed by atoms with Gasteiger partial charge < -0.3 is 10.1 Å². The summed E-state index contributed by atoms with van der Waals surface area (Å²) in [6.07, 6.45) is 1.82. The number of hydrogen-bond acceptors (Lipinski definition) is 2. The van der Waals surface area contributed by atoms with Crippen LogP contribution >= 0.6 is 11.6 Å². The summed E-state index contributed by atoms with van der Waals surface area (Å²) < 4.78 is 19.8. The first-order valence-electron chi connectivity index (χ1n) is 5.85. The normalized spacial score (nSPS) is 24.6. The lowest BCUT2D eigenvalue weighted by atomic mass is 9.89. The van der Waals surface area contributed by atoms with E-state index in [2.05, 4.69) is 5.32 Å². The minimum atomic E-state index is -1.18. The van der Waals surface area contributed by atoms with E-state index in [-0.39, 0.29) is 0 Å². The van der Waals surface area contributed by atoms with E-state index in [4.69, 9.17) is 16.3 Å². The van der Waals surface area contributed by atoms with E-state index in [1.165, 1.54) is 0 Å². The van der Waals surface area contributed by atoms with Gasteiger partial charge in [0.2, 0.25) is 0 Å². The van der Waals surface area contributed by atoms with Crippen LogP contribution in [0.15, 0.2) is 18.2 Å². The van der Waals surface area contributed by atoms with Gasteiger partial charge in [-0.25, -0.2) is 4.39 Å². The Morgan fingerprint density at radius 2 is 2.35 bits per heavy atom. The molecule has 0 saturated carbocycles. The predicted octanol–water partition coefficient (Wildman–Crippen LogP) is 2.98. The van der Waals surface area contributed by atoms with E-state index in [0.717, 1.165) is 18.5 Å². The van der Waals surface area contributed by atoms with Crippen LogP contribution in [0.25, 0.3) is 0 Å². The van der Waals surface area contributed by atoms with Crippen molar-refractivity contribution in [3.05, 3.63) is 28.8 Å². The molecule has 1 atom stereocenters. The molecule has 1 saturated heterocycles. The minimum absolute atomic E-state index is 0.351. The molecule has 1 aliphatic rings. The molecule has 0 radical (unpaired) electrons. The molecule has 2 rings (SSSR count). The molecule has 1 unspecified atom stereocenters. The fraction of sp³-hybridized carbons (Fsp3) is 0.538. The van der Waals surface area contributed by atoms with Crippen LogP contribution in [0.2, 0.25) is 5.02 Å². The molecular formula is C13H17ClFNO. The number of benzene rings is 1. The first-order chi connectivity index (χ1) is 8.13. The lowest BCUT2D eigenvalue weighted by molar-refractivity contribution is 0.121. The lowest BCUT2D eigenvalue weighted by Gasteiger charge is -2.30. The fourth-order valence-electron chi connectivity index (χ4n) is 2.31. The Balaban J connectivity index is 2.19. The van der Waals surface area contributed by atoms with Gasteiger partial charge in [0.15, 0.2) is 0 Å². The summed E-state index contributed by atoms with van der Waals surface area (Å²) in [5, 5.41) is 3.72. The van der Waals surface area contributed by atoms with E-state index < -0.39 is 5.67 Å². The van der Waals surface area contributed by atoms with Crippen molar-refractivity contribution in [2.45, 2.75) is 24.9 Å². The molecule has 1 aliphatic heterocycles. The van der Waals surface area contributed by atoms with Crippen LogP contribution in [0.3, 0.4) is 0 Å². The molecule has 94 valence electrons. The Kier molecular flexibility index (Phi) is 3.89. The van der Waals surface area contributed by atoms with Crippen molar-refractivity contribution >= 4 is 11.6 Å². The number of ether oxygens (including phenoxy) is 1. The quantitative estimate of drug-likeness (QED) is 0.899. The van der Waals surface area contributed by atoms with Crippen LogP contribution in [0.1, 0.15) is 18.4 Å². The van der Waals surface area contributed by atoms with Gasteiger partial charge >= 0.3 is 0 Å². The topological polar surface area (TPSA) is 21.3 Å². The third kappa shape index (κ3) is 3.11. The van der Waals surface area contributed by atoms with Crippen molar-refractivity contribution in [1.82, 2.24) is 5.32 Å². The summed E-state index contributed by atoms with van der Waals surface area (Å²) in [6, 6.07) is 5.33. The molecule has 4 heteroatoms. The van der Waals surface area contributed by atoms with Crippen LogP contribution in [-0.2, 0) is 6.42 Å². The number of halogens is 2. The SMILES string of the molecule is COc1ccc(Cl)cc1CC1(F)CCCNC1. The molecule has 2 nitrogen and oxygen atoms in total. The summed E-state index contributed by atoms with van der Waals surface area (Å²) in [6.45, 7) is 1.31. The third-order valence-corrected chi connectivity index (χ3v) is 3.41. The Bertz CT molecular complexity index is 391. The van der Waals surface area contributed by atoms with Gasteiger partial charge in [0.05, 0.1) is 7.11 Å². The number of methoxy groups -OCH3 is 1. The van der Waals surface area contributed by atoms with Crippen LogP contribution in [0, 0.1) is 0 Å². The predicted molar refractivity (Wildman–Crippen MR) is 67.7 cm³/mol. The van der Waals surface area contributed by atoms with Crippen molar-refractivity contribution in [3.8, 4) is 5.75 Å². The summed E-state index contributed by atoms with van der Waals surface area (Å²) in [5.41, 5.74) is -0.345. The molecule has 1 N–H and O–H groups in total. The first-order valence-corrected chi connectivity index (χ1v) is 6.23. The van der Waals surface area contributed by atoms with E-state index in [1.54, 1.807) is 25.3 Å². The summed E-state index contributed by atoms with van der Waals surface area (Å²) in [7, 11) is 1.59. The summed E-state index contributed by atoms with van der Waals surface area (Å²) >= 11 is 5.94. The number of rotatable bonds is 3. The molecule has 1 fully saturated rings. The number of hydrogen-bond donors (Lipinski definition) is 1. The summed E-state index contributed by atoms with van der Waals surface area (Å²) in [5.74, 6) is 0.706. The van der Waals surface area contributed by atoms with Gasteiger partial charge in [-0.05, 0) is 43.1 Å². The molecule has 0 amide bonds. The highest BCUT2D eigenvalue weighted by atomic mass is 35.5. The molecule has 0 aliphatic carbocycles. The van der Waals surface area contributed by atoms with Crippen LogP contribution in [0.5, 0.6) is 5.75 Å². The van der Waals surface area contributed by atoms with Crippen molar-refractivity contribution < 1.29 is 9.13 Å². The van der Waals surface area contributed by atoms with E-state index in [1.807, 2.05) is 0 Å². The van der Waals surface area contributed by atoms with Crippen LogP contribution in [-0.4, -0.2) is 25.9 Å². The highest BCUT2D eigenvalue weighted by Gasteiger charge is 2.32. The molecule has 1 aromatic carbocycles. The zero-order chi connectivity index (χ0) is 12.3. The van der Waals surface area contributed by atoms with Gasteiger partial charge in [-0.15, -0.1) is 0 Å². The molecule has 0 bridgehead atoms. The van der Waals surface area contributed by atoms with Gasteiger partial charge in [0.1, 0.15) is 11.4 Å².